The maximum absolute atomic E-state index is 13.1. The Labute approximate surface area is 149 Å². The van der Waals surface area contributed by atoms with Crippen molar-refractivity contribution in [3.05, 3.63) is 77.6 Å². The zero-order chi connectivity index (χ0) is 17.6. The van der Waals surface area contributed by atoms with E-state index in [0.29, 0.717) is 5.92 Å². The summed E-state index contributed by atoms with van der Waals surface area (Å²) in [6.45, 7) is 7.24. The van der Waals surface area contributed by atoms with Crippen LogP contribution in [0.2, 0.25) is 0 Å². The molecule has 1 aliphatic rings. The number of hydrogen-bond donors (Lipinski definition) is 0. The molecule has 0 radical (unpaired) electrons. The van der Waals surface area contributed by atoms with E-state index in [9.17, 15) is 4.39 Å². The normalized spacial score (nSPS) is 20.9. The Hall–Kier alpha value is -2.13. The fraction of sp³-hybridized carbons (Fsp3) is 0.364. The summed E-state index contributed by atoms with van der Waals surface area (Å²) in [5.41, 5.74) is 2.65. The maximum atomic E-state index is 13.1. The van der Waals surface area contributed by atoms with Gasteiger partial charge in [0.1, 0.15) is 17.7 Å². The van der Waals surface area contributed by atoms with Gasteiger partial charge in [-0.2, -0.15) is 0 Å². The Kier molecular flexibility index (Phi) is 5.87. The summed E-state index contributed by atoms with van der Waals surface area (Å²) < 4.78 is 19.4. The van der Waals surface area contributed by atoms with Crippen LogP contribution in [0.1, 0.15) is 31.7 Å². The third kappa shape index (κ3) is 4.93. The summed E-state index contributed by atoms with van der Waals surface area (Å²) in [6, 6.07) is 16.9. The molecule has 1 saturated heterocycles. The van der Waals surface area contributed by atoms with Gasteiger partial charge in [0.25, 0.3) is 0 Å². The molecule has 2 nitrogen and oxygen atoms in total. The second kappa shape index (κ2) is 8.30. The SMILES string of the molecule is CC(C)=CCN1CC[C@@H](Oc2ccc(F)cc2)[C@H](c2ccccc2)C1. The zero-order valence-electron chi connectivity index (χ0n) is 15.0. The van der Waals surface area contributed by atoms with Crippen molar-refractivity contribution in [2.75, 3.05) is 19.6 Å². The van der Waals surface area contributed by atoms with Crippen LogP contribution in [0.4, 0.5) is 4.39 Å². The molecule has 0 N–H and O–H groups in total. The van der Waals surface area contributed by atoms with Gasteiger partial charge >= 0.3 is 0 Å². The molecule has 1 fully saturated rings. The number of piperidine rings is 1. The summed E-state index contributed by atoms with van der Waals surface area (Å²) >= 11 is 0. The highest BCUT2D eigenvalue weighted by molar-refractivity contribution is 5.26. The van der Waals surface area contributed by atoms with Crippen molar-refractivity contribution in [3.63, 3.8) is 0 Å². The van der Waals surface area contributed by atoms with Crippen molar-refractivity contribution in [1.82, 2.24) is 4.90 Å². The molecule has 3 heteroatoms. The van der Waals surface area contributed by atoms with Crippen molar-refractivity contribution in [3.8, 4) is 5.75 Å². The molecule has 25 heavy (non-hydrogen) atoms. The fourth-order valence-corrected chi connectivity index (χ4v) is 3.32. The van der Waals surface area contributed by atoms with E-state index >= 15 is 0 Å². The number of rotatable bonds is 5. The maximum Gasteiger partial charge on any atom is 0.123 e. The molecule has 2 aromatic rings. The highest BCUT2D eigenvalue weighted by Gasteiger charge is 2.31. The van der Waals surface area contributed by atoms with Crippen LogP contribution in [-0.4, -0.2) is 30.6 Å². The van der Waals surface area contributed by atoms with E-state index < -0.39 is 0 Å². The Morgan fingerprint density at radius 3 is 2.52 bits per heavy atom. The molecular formula is C22H26FNO. The molecule has 132 valence electrons. The Morgan fingerprint density at radius 1 is 1.12 bits per heavy atom. The first-order chi connectivity index (χ1) is 12.1. The van der Waals surface area contributed by atoms with Gasteiger partial charge in [0.05, 0.1) is 0 Å². The van der Waals surface area contributed by atoms with Gasteiger partial charge in [0.2, 0.25) is 0 Å². The molecule has 3 rings (SSSR count). The number of ether oxygens (including phenoxy) is 1. The molecule has 0 unspecified atom stereocenters. The van der Waals surface area contributed by atoms with Crippen molar-refractivity contribution >= 4 is 0 Å². The van der Waals surface area contributed by atoms with E-state index in [1.807, 2.05) is 6.07 Å². The van der Waals surface area contributed by atoms with Crippen molar-refractivity contribution in [2.24, 2.45) is 0 Å². The Morgan fingerprint density at radius 2 is 1.84 bits per heavy atom. The number of nitrogens with zero attached hydrogens (tertiary/aromatic N) is 1. The third-order valence-electron chi connectivity index (χ3n) is 4.72. The van der Waals surface area contributed by atoms with Gasteiger partial charge in [0, 0.05) is 25.6 Å². The van der Waals surface area contributed by atoms with E-state index in [2.05, 4.69) is 49.1 Å². The van der Waals surface area contributed by atoms with Crippen LogP contribution in [0.5, 0.6) is 5.75 Å². The molecule has 0 amide bonds. The molecule has 0 aliphatic carbocycles. The van der Waals surface area contributed by atoms with Gasteiger partial charge in [0.15, 0.2) is 0 Å². The van der Waals surface area contributed by atoms with Crippen LogP contribution in [-0.2, 0) is 0 Å². The standard InChI is InChI=1S/C22H26FNO/c1-17(2)12-14-24-15-13-22(25-20-10-8-19(23)9-11-20)21(16-24)18-6-4-3-5-7-18/h3-12,21-22H,13-16H2,1-2H3/t21-,22+/m0/s1. The van der Waals surface area contributed by atoms with Crippen molar-refractivity contribution < 1.29 is 9.13 Å². The predicted octanol–water partition coefficient (Wildman–Crippen LogP) is 5.03. The lowest BCUT2D eigenvalue weighted by atomic mass is 9.87. The van der Waals surface area contributed by atoms with Crippen LogP contribution in [0.15, 0.2) is 66.2 Å². The quantitative estimate of drug-likeness (QED) is 0.709. The van der Waals surface area contributed by atoms with E-state index in [0.717, 1.165) is 31.8 Å². The molecule has 0 bridgehead atoms. The second-order valence-electron chi connectivity index (χ2n) is 6.96. The number of halogens is 1. The van der Waals surface area contributed by atoms with Gasteiger partial charge in [-0.25, -0.2) is 4.39 Å². The van der Waals surface area contributed by atoms with E-state index in [1.165, 1.54) is 23.3 Å². The minimum absolute atomic E-state index is 0.107. The monoisotopic (exact) mass is 339 g/mol. The number of hydrogen-bond acceptors (Lipinski definition) is 2. The number of allylic oxidation sites excluding steroid dienone is 1. The van der Waals surface area contributed by atoms with Crippen LogP contribution in [0.3, 0.4) is 0 Å². The molecular weight excluding hydrogens is 313 g/mol. The first-order valence-electron chi connectivity index (χ1n) is 8.94. The highest BCUT2D eigenvalue weighted by Crippen LogP contribution is 2.31. The lowest BCUT2D eigenvalue weighted by Crippen LogP contribution is -2.44. The lowest BCUT2D eigenvalue weighted by molar-refractivity contribution is 0.0833. The topological polar surface area (TPSA) is 12.5 Å². The molecule has 2 aromatic carbocycles. The minimum atomic E-state index is -0.233. The first kappa shape index (κ1) is 17.7. The van der Waals surface area contributed by atoms with E-state index in [1.54, 1.807) is 12.1 Å². The van der Waals surface area contributed by atoms with Crippen LogP contribution in [0, 0.1) is 5.82 Å². The van der Waals surface area contributed by atoms with Gasteiger partial charge in [-0.15, -0.1) is 0 Å². The molecule has 0 saturated carbocycles. The highest BCUT2D eigenvalue weighted by atomic mass is 19.1. The summed E-state index contributed by atoms with van der Waals surface area (Å²) in [4.78, 5) is 2.48. The van der Waals surface area contributed by atoms with Crippen molar-refractivity contribution in [1.29, 1.82) is 0 Å². The molecule has 0 aromatic heterocycles. The predicted molar refractivity (Wildman–Crippen MR) is 100 cm³/mol. The second-order valence-corrected chi connectivity index (χ2v) is 6.96. The molecule has 0 spiro atoms. The smallest absolute Gasteiger partial charge is 0.123 e. The molecule has 1 aliphatic heterocycles. The minimum Gasteiger partial charge on any atom is -0.490 e. The van der Waals surface area contributed by atoms with Gasteiger partial charge in [-0.05, 0) is 50.1 Å². The number of likely N-dealkylation sites (tertiary alicyclic amines) is 1. The van der Waals surface area contributed by atoms with Gasteiger partial charge < -0.3 is 4.74 Å². The summed E-state index contributed by atoms with van der Waals surface area (Å²) in [6.07, 6.45) is 3.35. The van der Waals surface area contributed by atoms with Crippen LogP contribution >= 0.6 is 0 Å². The van der Waals surface area contributed by atoms with Crippen molar-refractivity contribution in [2.45, 2.75) is 32.3 Å². The number of benzene rings is 2. The average molecular weight is 339 g/mol. The Bertz CT molecular complexity index is 692. The lowest BCUT2D eigenvalue weighted by Gasteiger charge is -2.38. The van der Waals surface area contributed by atoms with Gasteiger partial charge in [-0.3, -0.25) is 4.90 Å². The van der Waals surface area contributed by atoms with Crippen LogP contribution < -0.4 is 4.74 Å². The summed E-state index contributed by atoms with van der Waals surface area (Å²) in [5.74, 6) is 0.819. The largest absolute Gasteiger partial charge is 0.490 e. The zero-order valence-corrected chi connectivity index (χ0v) is 15.0. The first-order valence-corrected chi connectivity index (χ1v) is 8.94. The van der Waals surface area contributed by atoms with E-state index in [4.69, 9.17) is 4.74 Å². The molecule has 2 atom stereocenters. The van der Waals surface area contributed by atoms with Crippen LogP contribution in [0.25, 0.3) is 0 Å². The third-order valence-corrected chi connectivity index (χ3v) is 4.72. The molecule has 1 heterocycles. The van der Waals surface area contributed by atoms with E-state index in [-0.39, 0.29) is 11.9 Å². The Balaban J connectivity index is 1.76. The fourth-order valence-electron chi connectivity index (χ4n) is 3.32. The average Bonchev–Trinajstić information content (AvgIpc) is 2.63. The summed E-state index contributed by atoms with van der Waals surface area (Å²) in [7, 11) is 0. The van der Waals surface area contributed by atoms with Gasteiger partial charge in [-0.1, -0.05) is 42.0 Å². The summed E-state index contributed by atoms with van der Waals surface area (Å²) in [5, 5.41) is 0.